The number of nitrogens with zero attached hydrogens (tertiary/aromatic N) is 2. The Morgan fingerprint density at radius 3 is 2.57 bits per heavy atom. The van der Waals surface area contributed by atoms with Gasteiger partial charge in [0, 0.05) is 18.5 Å². The highest BCUT2D eigenvalue weighted by Crippen LogP contribution is 2.27. The Labute approximate surface area is 138 Å². The van der Waals surface area contributed by atoms with E-state index in [0.29, 0.717) is 41.2 Å². The molecule has 0 unspecified atom stereocenters. The quantitative estimate of drug-likeness (QED) is 0.779. The predicted molar refractivity (Wildman–Crippen MR) is 92.3 cm³/mol. The minimum absolute atomic E-state index is 0.144. The Hall–Kier alpha value is -1.70. The van der Waals surface area contributed by atoms with E-state index in [-0.39, 0.29) is 17.9 Å². The summed E-state index contributed by atoms with van der Waals surface area (Å²) in [7, 11) is 1.57. The van der Waals surface area contributed by atoms with Crippen molar-refractivity contribution in [2.45, 2.75) is 40.0 Å². The standard InChI is InChI=1S/C16H22N2O4S/c1-10(2)5-6-17-14(20)13-11(3)12(9-19)23-15(13)18(16(17)21)7-8-22-4/h19H,1,5-9H2,2-4H3. The zero-order valence-corrected chi connectivity index (χ0v) is 14.5. The first-order valence-corrected chi connectivity index (χ1v) is 8.23. The van der Waals surface area contributed by atoms with Crippen LogP contribution in [0.25, 0.3) is 10.2 Å². The molecule has 6 nitrogen and oxygen atoms in total. The number of hydrogen-bond acceptors (Lipinski definition) is 5. The molecule has 2 aromatic heterocycles. The van der Waals surface area contributed by atoms with Gasteiger partial charge < -0.3 is 9.84 Å². The van der Waals surface area contributed by atoms with Crippen molar-refractivity contribution in [1.82, 2.24) is 9.13 Å². The molecule has 0 fully saturated rings. The number of ether oxygens (including phenoxy) is 1. The molecule has 0 amide bonds. The van der Waals surface area contributed by atoms with Gasteiger partial charge in [0.2, 0.25) is 0 Å². The van der Waals surface area contributed by atoms with E-state index < -0.39 is 0 Å². The molecular weight excluding hydrogens is 316 g/mol. The van der Waals surface area contributed by atoms with Crippen LogP contribution in [0.4, 0.5) is 0 Å². The Kier molecular flexibility index (Phi) is 5.56. The van der Waals surface area contributed by atoms with Crippen LogP contribution in [0.2, 0.25) is 0 Å². The molecule has 0 aromatic carbocycles. The second kappa shape index (κ2) is 7.25. The summed E-state index contributed by atoms with van der Waals surface area (Å²) in [6.07, 6.45) is 0.570. The van der Waals surface area contributed by atoms with E-state index in [1.807, 2.05) is 6.92 Å². The van der Waals surface area contributed by atoms with Crippen LogP contribution < -0.4 is 11.2 Å². The molecule has 126 valence electrons. The number of allylic oxidation sites excluding steroid dienone is 1. The van der Waals surface area contributed by atoms with Gasteiger partial charge in [0.05, 0.1) is 25.1 Å². The molecule has 0 saturated heterocycles. The van der Waals surface area contributed by atoms with E-state index in [9.17, 15) is 14.7 Å². The largest absolute Gasteiger partial charge is 0.391 e. The smallest absolute Gasteiger partial charge is 0.332 e. The van der Waals surface area contributed by atoms with E-state index >= 15 is 0 Å². The van der Waals surface area contributed by atoms with Gasteiger partial charge in [-0.2, -0.15) is 0 Å². The third-order valence-electron chi connectivity index (χ3n) is 3.82. The highest BCUT2D eigenvalue weighted by molar-refractivity contribution is 7.18. The van der Waals surface area contributed by atoms with Crippen molar-refractivity contribution in [2.24, 2.45) is 0 Å². The van der Waals surface area contributed by atoms with Crippen molar-refractivity contribution in [3.8, 4) is 0 Å². The Bertz CT molecular complexity index is 844. The monoisotopic (exact) mass is 338 g/mol. The lowest BCUT2D eigenvalue weighted by atomic mass is 10.2. The second-order valence-electron chi connectivity index (χ2n) is 5.58. The lowest BCUT2D eigenvalue weighted by Gasteiger charge is -2.12. The Morgan fingerprint density at radius 2 is 2.00 bits per heavy atom. The summed E-state index contributed by atoms with van der Waals surface area (Å²) >= 11 is 1.29. The highest BCUT2D eigenvalue weighted by atomic mass is 32.1. The van der Waals surface area contributed by atoms with Crippen LogP contribution in [0.1, 0.15) is 23.8 Å². The molecular formula is C16H22N2O4S. The van der Waals surface area contributed by atoms with Gasteiger partial charge in [0.25, 0.3) is 5.56 Å². The van der Waals surface area contributed by atoms with Gasteiger partial charge in [0.15, 0.2) is 0 Å². The number of aliphatic hydroxyl groups excluding tert-OH is 1. The molecule has 0 aliphatic heterocycles. The minimum atomic E-state index is -0.341. The number of hydrogen-bond donors (Lipinski definition) is 1. The molecule has 7 heteroatoms. The van der Waals surface area contributed by atoms with Crippen molar-refractivity contribution in [2.75, 3.05) is 13.7 Å². The number of aryl methyl sites for hydroxylation is 1. The van der Waals surface area contributed by atoms with Crippen LogP contribution in [0, 0.1) is 6.92 Å². The number of aromatic nitrogens is 2. The van der Waals surface area contributed by atoms with Crippen LogP contribution in [-0.4, -0.2) is 28.0 Å². The molecule has 0 aliphatic rings. The fourth-order valence-electron chi connectivity index (χ4n) is 2.47. The van der Waals surface area contributed by atoms with Gasteiger partial charge in [-0.3, -0.25) is 13.9 Å². The lowest BCUT2D eigenvalue weighted by Crippen LogP contribution is -2.40. The Morgan fingerprint density at radius 1 is 1.30 bits per heavy atom. The summed E-state index contributed by atoms with van der Waals surface area (Å²) in [6, 6.07) is 0. The van der Waals surface area contributed by atoms with Crippen LogP contribution in [0.3, 0.4) is 0 Å². The Balaban J connectivity index is 2.76. The maximum atomic E-state index is 12.8. The summed E-state index contributed by atoms with van der Waals surface area (Å²) < 4.78 is 7.90. The number of thiophene rings is 1. The molecule has 0 atom stereocenters. The molecule has 2 heterocycles. The minimum Gasteiger partial charge on any atom is -0.391 e. The van der Waals surface area contributed by atoms with E-state index in [0.717, 1.165) is 11.1 Å². The van der Waals surface area contributed by atoms with Crippen molar-refractivity contribution >= 4 is 21.6 Å². The molecule has 0 aliphatic carbocycles. The summed E-state index contributed by atoms with van der Waals surface area (Å²) in [4.78, 5) is 26.8. The van der Waals surface area contributed by atoms with Gasteiger partial charge in [-0.15, -0.1) is 17.9 Å². The molecule has 0 radical (unpaired) electrons. The third-order valence-corrected chi connectivity index (χ3v) is 5.12. The van der Waals surface area contributed by atoms with Crippen LogP contribution in [-0.2, 0) is 24.4 Å². The summed E-state index contributed by atoms with van der Waals surface area (Å²) in [5, 5.41) is 9.98. The molecule has 0 bridgehead atoms. The SMILES string of the molecule is C=C(C)CCn1c(=O)c2c(C)c(CO)sc2n(CCOC)c1=O. The van der Waals surface area contributed by atoms with E-state index in [1.165, 1.54) is 15.9 Å². The van der Waals surface area contributed by atoms with Crippen LogP contribution >= 0.6 is 11.3 Å². The molecule has 23 heavy (non-hydrogen) atoms. The van der Waals surface area contributed by atoms with Gasteiger partial charge in [-0.1, -0.05) is 5.57 Å². The second-order valence-corrected chi connectivity index (χ2v) is 6.66. The number of methoxy groups -OCH3 is 1. The van der Waals surface area contributed by atoms with Crippen molar-refractivity contribution in [3.63, 3.8) is 0 Å². The predicted octanol–water partition coefficient (Wildman–Crippen LogP) is 1.64. The van der Waals surface area contributed by atoms with Gasteiger partial charge in [-0.25, -0.2) is 4.79 Å². The first kappa shape index (κ1) is 17.7. The number of rotatable bonds is 7. The maximum absolute atomic E-state index is 12.8. The van der Waals surface area contributed by atoms with Crippen molar-refractivity contribution in [3.05, 3.63) is 43.4 Å². The number of aliphatic hydroxyl groups is 1. The van der Waals surface area contributed by atoms with Gasteiger partial charge in [0.1, 0.15) is 4.83 Å². The lowest BCUT2D eigenvalue weighted by molar-refractivity contribution is 0.186. The fraction of sp³-hybridized carbons (Fsp3) is 0.500. The van der Waals surface area contributed by atoms with Crippen molar-refractivity contribution < 1.29 is 9.84 Å². The molecule has 0 spiro atoms. The third kappa shape index (κ3) is 3.31. The first-order valence-electron chi connectivity index (χ1n) is 7.42. The zero-order valence-electron chi connectivity index (χ0n) is 13.7. The fourth-order valence-corrected chi connectivity index (χ4v) is 3.65. The van der Waals surface area contributed by atoms with Crippen molar-refractivity contribution in [1.29, 1.82) is 0 Å². The van der Waals surface area contributed by atoms with Gasteiger partial charge in [-0.05, 0) is 25.8 Å². The molecule has 2 rings (SSSR count). The van der Waals surface area contributed by atoms with E-state index in [1.54, 1.807) is 18.6 Å². The topological polar surface area (TPSA) is 73.5 Å². The summed E-state index contributed by atoms with van der Waals surface area (Å²) in [6.45, 7) is 8.40. The zero-order chi connectivity index (χ0) is 17.1. The highest BCUT2D eigenvalue weighted by Gasteiger charge is 2.19. The normalized spacial score (nSPS) is 11.3. The summed E-state index contributed by atoms with van der Waals surface area (Å²) in [5.74, 6) is 0. The average Bonchev–Trinajstić information content (AvgIpc) is 2.83. The van der Waals surface area contributed by atoms with Gasteiger partial charge >= 0.3 is 5.69 Å². The van der Waals surface area contributed by atoms with Crippen LogP contribution in [0.5, 0.6) is 0 Å². The average molecular weight is 338 g/mol. The maximum Gasteiger partial charge on any atom is 0.332 e. The molecule has 0 saturated carbocycles. The molecule has 2 aromatic rings. The van der Waals surface area contributed by atoms with E-state index in [2.05, 4.69) is 6.58 Å². The van der Waals surface area contributed by atoms with E-state index in [4.69, 9.17) is 4.74 Å². The van der Waals surface area contributed by atoms with Crippen LogP contribution in [0.15, 0.2) is 21.7 Å². The number of fused-ring (bicyclic) bond motifs is 1. The first-order chi connectivity index (χ1) is 10.9. The molecule has 1 N–H and O–H groups in total. The summed E-state index contributed by atoms with van der Waals surface area (Å²) in [5.41, 5.74) is 1.02.